The number of hydrogen-bond acceptors (Lipinski definition) is 2. The Morgan fingerprint density at radius 2 is 2.00 bits per heavy atom. The summed E-state index contributed by atoms with van der Waals surface area (Å²) in [5.41, 5.74) is 2.29. The van der Waals surface area contributed by atoms with E-state index < -0.39 is 0 Å². The van der Waals surface area contributed by atoms with Crippen LogP contribution in [0.4, 0.5) is 4.39 Å². The monoisotopic (exact) mass is 459 g/mol. The zero-order valence-corrected chi connectivity index (χ0v) is 17.4. The van der Waals surface area contributed by atoms with E-state index >= 15 is 0 Å². The van der Waals surface area contributed by atoms with Gasteiger partial charge in [-0.15, -0.1) is 24.0 Å². The molecule has 5 nitrogen and oxygen atoms in total. The molecule has 138 valence electrons. The maximum Gasteiger partial charge on any atom is 0.193 e. The average molecular weight is 459 g/mol. The molecule has 1 aromatic carbocycles. The number of guanidine groups is 1. The van der Waals surface area contributed by atoms with Gasteiger partial charge in [-0.25, -0.2) is 4.39 Å². The summed E-state index contributed by atoms with van der Waals surface area (Å²) in [6.45, 7) is 4.31. The van der Waals surface area contributed by atoms with Crippen LogP contribution in [0.3, 0.4) is 0 Å². The van der Waals surface area contributed by atoms with Crippen molar-refractivity contribution in [3.8, 4) is 0 Å². The summed E-state index contributed by atoms with van der Waals surface area (Å²) in [7, 11) is 3.92. The van der Waals surface area contributed by atoms with Gasteiger partial charge in [0.1, 0.15) is 5.82 Å². The molecule has 0 amide bonds. The molecular formula is C18H27FIN5. The van der Waals surface area contributed by atoms with Crippen LogP contribution in [-0.4, -0.2) is 40.8 Å². The number of halogens is 2. The Hall–Kier alpha value is -1.64. The molecule has 0 atom stereocenters. The Balaban J connectivity index is 0.00000312. The molecule has 0 aliphatic rings. The number of hydrogen-bond donors (Lipinski definition) is 1. The summed E-state index contributed by atoms with van der Waals surface area (Å²) in [5.74, 6) is 0.658. The first-order chi connectivity index (χ1) is 11.6. The van der Waals surface area contributed by atoms with Crippen LogP contribution < -0.4 is 5.32 Å². The lowest BCUT2D eigenvalue weighted by molar-refractivity contribution is 0.476. The molecule has 0 saturated heterocycles. The van der Waals surface area contributed by atoms with Crippen LogP contribution in [0, 0.1) is 5.82 Å². The van der Waals surface area contributed by atoms with Crippen molar-refractivity contribution in [3.05, 3.63) is 53.6 Å². The van der Waals surface area contributed by atoms with Gasteiger partial charge in [0.25, 0.3) is 0 Å². The summed E-state index contributed by atoms with van der Waals surface area (Å²) in [6, 6.07) is 6.58. The highest BCUT2D eigenvalue weighted by molar-refractivity contribution is 14.0. The van der Waals surface area contributed by atoms with Gasteiger partial charge >= 0.3 is 0 Å². The molecule has 0 radical (unpaired) electrons. The molecule has 0 unspecified atom stereocenters. The van der Waals surface area contributed by atoms with Crippen molar-refractivity contribution in [2.75, 3.05) is 20.1 Å². The Morgan fingerprint density at radius 1 is 1.28 bits per heavy atom. The second-order valence-corrected chi connectivity index (χ2v) is 5.84. The van der Waals surface area contributed by atoms with E-state index in [4.69, 9.17) is 0 Å². The Labute approximate surface area is 166 Å². The zero-order valence-electron chi connectivity index (χ0n) is 15.1. The molecule has 2 rings (SSSR count). The number of aryl methyl sites for hydroxylation is 2. The Kier molecular flexibility index (Phi) is 9.48. The first-order valence-electron chi connectivity index (χ1n) is 8.30. The predicted octanol–water partition coefficient (Wildman–Crippen LogP) is 3.21. The molecule has 0 aliphatic heterocycles. The van der Waals surface area contributed by atoms with Gasteiger partial charge in [-0.1, -0.05) is 12.1 Å². The molecule has 0 saturated carbocycles. The van der Waals surface area contributed by atoms with E-state index in [-0.39, 0.29) is 29.8 Å². The van der Waals surface area contributed by atoms with Crippen molar-refractivity contribution in [2.24, 2.45) is 12.0 Å². The number of rotatable bonds is 7. The summed E-state index contributed by atoms with van der Waals surface area (Å²) < 4.78 is 14.8. The fourth-order valence-electron chi connectivity index (χ4n) is 2.48. The van der Waals surface area contributed by atoms with Crippen molar-refractivity contribution in [1.82, 2.24) is 20.0 Å². The first-order valence-corrected chi connectivity index (χ1v) is 8.30. The van der Waals surface area contributed by atoms with Gasteiger partial charge in [-0.2, -0.15) is 5.10 Å². The molecule has 0 aliphatic carbocycles. The zero-order chi connectivity index (χ0) is 17.4. The quantitative estimate of drug-likeness (QED) is 0.300. The van der Waals surface area contributed by atoms with Crippen LogP contribution >= 0.6 is 24.0 Å². The summed E-state index contributed by atoms with van der Waals surface area (Å²) in [6.07, 6.45) is 5.88. The summed E-state index contributed by atoms with van der Waals surface area (Å²) in [5, 5.41) is 7.48. The minimum atomic E-state index is -0.211. The van der Waals surface area contributed by atoms with E-state index in [1.54, 1.807) is 12.1 Å². The van der Waals surface area contributed by atoms with Gasteiger partial charge in [-0.3, -0.25) is 9.67 Å². The summed E-state index contributed by atoms with van der Waals surface area (Å²) >= 11 is 0. The first kappa shape index (κ1) is 21.4. The van der Waals surface area contributed by atoms with Gasteiger partial charge in [0, 0.05) is 39.9 Å². The minimum absolute atomic E-state index is 0. The van der Waals surface area contributed by atoms with Crippen molar-refractivity contribution in [2.45, 2.75) is 26.3 Å². The second-order valence-electron chi connectivity index (χ2n) is 5.84. The molecule has 2 aromatic rings. The maximum absolute atomic E-state index is 13.0. The third-order valence-corrected chi connectivity index (χ3v) is 3.67. The third-order valence-electron chi connectivity index (χ3n) is 3.67. The van der Waals surface area contributed by atoms with Crippen molar-refractivity contribution in [3.63, 3.8) is 0 Å². The Morgan fingerprint density at radius 3 is 2.60 bits per heavy atom. The summed E-state index contributed by atoms with van der Waals surface area (Å²) in [4.78, 5) is 6.74. The van der Waals surface area contributed by atoms with Crippen LogP contribution in [0.25, 0.3) is 0 Å². The molecule has 1 heterocycles. The average Bonchev–Trinajstić information content (AvgIpc) is 2.98. The molecule has 1 aromatic heterocycles. The topological polar surface area (TPSA) is 45.5 Å². The molecule has 1 N–H and O–H groups in total. The highest BCUT2D eigenvalue weighted by atomic mass is 127. The van der Waals surface area contributed by atoms with Crippen LogP contribution in [-0.2, 0) is 20.0 Å². The molecule has 7 heteroatoms. The fraction of sp³-hybridized carbons (Fsp3) is 0.444. The van der Waals surface area contributed by atoms with Crippen molar-refractivity contribution < 1.29 is 4.39 Å². The minimum Gasteiger partial charge on any atom is -0.357 e. The van der Waals surface area contributed by atoms with E-state index in [9.17, 15) is 4.39 Å². The SMILES string of the molecule is CCNC(=NCCCc1cnn(C)c1)N(C)Cc1ccc(F)cc1.I. The number of benzene rings is 1. The lowest BCUT2D eigenvalue weighted by Gasteiger charge is -2.22. The highest BCUT2D eigenvalue weighted by Gasteiger charge is 2.06. The standard InChI is InChI=1S/C18H26FN5.HI/c1-4-20-18(21-11-5-6-16-12-22-24(3)14-16)23(2)13-15-7-9-17(19)10-8-15;/h7-10,12,14H,4-6,11,13H2,1-3H3,(H,20,21);1H. The lowest BCUT2D eigenvalue weighted by atomic mass is 10.2. The van der Waals surface area contributed by atoms with Gasteiger partial charge < -0.3 is 10.2 Å². The second kappa shape index (κ2) is 11.1. The van der Waals surface area contributed by atoms with Crippen molar-refractivity contribution in [1.29, 1.82) is 0 Å². The number of aliphatic imine (C=N–C) groups is 1. The van der Waals surface area contributed by atoms with Gasteiger partial charge in [0.2, 0.25) is 0 Å². The molecule has 25 heavy (non-hydrogen) atoms. The molecule has 0 spiro atoms. The number of nitrogens with zero attached hydrogens (tertiary/aromatic N) is 4. The third kappa shape index (κ3) is 7.41. The van der Waals surface area contributed by atoms with Gasteiger partial charge in [-0.05, 0) is 43.0 Å². The van der Waals surface area contributed by atoms with Crippen LogP contribution in [0.15, 0.2) is 41.7 Å². The van der Waals surface area contributed by atoms with E-state index in [1.807, 2.05) is 31.2 Å². The predicted molar refractivity (Wildman–Crippen MR) is 111 cm³/mol. The van der Waals surface area contributed by atoms with E-state index in [0.29, 0.717) is 6.54 Å². The fourth-order valence-corrected chi connectivity index (χ4v) is 2.48. The highest BCUT2D eigenvalue weighted by Crippen LogP contribution is 2.06. The number of nitrogens with one attached hydrogen (secondary N) is 1. The smallest absolute Gasteiger partial charge is 0.193 e. The normalized spacial score (nSPS) is 11.1. The Bertz CT molecular complexity index is 654. The lowest BCUT2D eigenvalue weighted by Crippen LogP contribution is -2.38. The van der Waals surface area contributed by atoms with E-state index in [1.165, 1.54) is 17.7 Å². The van der Waals surface area contributed by atoms with E-state index in [0.717, 1.165) is 37.5 Å². The van der Waals surface area contributed by atoms with Crippen molar-refractivity contribution >= 4 is 29.9 Å². The van der Waals surface area contributed by atoms with Crippen LogP contribution in [0.2, 0.25) is 0 Å². The molecule has 0 fully saturated rings. The maximum atomic E-state index is 13.0. The van der Waals surface area contributed by atoms with Gasteiger partial charge in [0.05, 0.1) is 6.20 Å². The van der Waals surface area contributed by atoms with Crippen LogP contribution in [0.5, 0.6) is 0 Å². The van der Waals surface area contributed by atoms with Crippen LogP contribution in [0.1, 0.15) is 24.5 Å². The largest absolute Gasteiger partial charge is 0.357 e. The van der Waals surface area contributed by atoms with Gasteiger partial charge in [0.15, 0.2) is 5.96 Å². The molecular weight excluding hydrogens is 432 g/mol. The van der Waals surface area contributed by atoms with E-state index in [2.05, 4.69) is 27.2 Å². The number of aromatic nitrogens is 2. The molecule has 0 bridgehead atoms.